The fraction of sp³-hybridized carbons (Fsp3) is 0.500. The summed E-state index contributed by atoms with van der Waals surface area (Å²) in [6, 6.07) is 4.65. The van der Waals surface area contributed by atoms with Crippen molar-refractivity contribution in [2.45, 2.75) is 59.0 Å². The van der Waals surface area contributed by atoms with E-state index in [9.17, 15) is 14.4 Å². The highest BCUT2D eigenvalue weighted by Gasteiger charge is 2.33. The number of hydrogen-bond donors (Lipinski definition) is 3. The van der Waals surface area contributed by atoms with Crippen molar-refractivity contribution >= 4 is 34.9 Å². The lowest BCUT2D eigenvalue weighted by atomic mass is 10.0. The number of unbranched alkanes of at least 4 members (excludes halogenated alkanes) is 1. The maximum absolute atomic E-state index is 13.8. The van der Waals surface area contributed by atoms with E-state index in [1.54, 1.807) is 12.1 Å². The van der Waals surface area contributed by atoms with Crippen molar-refractivity contribution in [2.75, 3.05) is 19.1 Å². The minimum absolute atomic E-state index is 0.0716. The minimum atomic E-state index is -0.811. The zero-order valence-electron chi connectivity index (χ0n) is 20.3. The molecule has 2 heterocycles. The third-order valence-corrected chi connectivity index (χ3v) is 6.59. The van der Waals surface area contributed by atoms with Gasteiger partial charge in [0.25, 0.3) is 11.8 Å². The molecule has 35 heavy (non-hydrogen) atoms. The number of benzene rings is 1. The molecule has 0 spiro atoms. The lowest BCUT2D eigenvalue weighted by Gasteiger charge is -2.31. The maximum Gasteiger partial charge on any atom is 0.270 e. The average molecular weight is 504 g/mol. The molecule has 0 radical (unpaired) electrons. The Morgan fingerprint density at radius 3 is 2.60 bits per heavy atom. The van der Waals surface area contributed by atoms with Gasteiger partial charge in [-0.25, -0.2) is 0 Å². The monoisotopic (exact) mass is 503 g/mol. The number of carbonyl (C=O) groups is 3. The molecule has 1 aliphatic rings. The van der Waals surface area contributed by atoms with Crippen LogP contribution in [0.5, 0.6) is 11.5 Å². The SMILES string of the molecule is CCCCC(C(=O)NCCC(C)C)N(Cc1ccc2c(c1)OCO2)C(=O)c1snc(C(N)=O)c1N. The van der Waals surface area contributed by atoms with Crippen LogP contribution in [0.25, 0.3) is 0 Å². The van der Waals surface area contributed by atoms with Crippen LogP contribution in [0.2, 0.25) is 0 Å². The molecule has 0 saturated carbocycles. The minimum Gasteiger partial charge on any atom is -0.454 e. The van der Waals surface area contributed by atoms with Crippen molar-refractivity contribution in [3.05, 3.63) is 34.3 Å². The average Bonchev–Trinajstić information content (AvgIpc) is 3.43. The molecule has 0 aliphatic carbocycles. The Hall–Kier alpha value is -3.34. The van der Waals surface area contributed by atoms with Crippen molar-refractivity contribution in [3.63, 3.8) is 0 Å². The van der Waals surface area contributed by atoms with Crippen LogP contribution in [0.4, 0.5) is 5.69 Å². The molecule has 1 atom stereocenters. The van der Waals surface area contributed by atoms with Gasteiger partial charge in [-0.05, 0) is 48.0 Å². The van der Waals surface area contributed by atoms with Gasteiger partial charge in [-0.1, -0.05) is 39.7 Å². The largest absolute Gasteiger partial charge is 0.454 e. The Morgan fingerprint density at radius 1 is 1.20 bits per heavy atom. The van der Waals surface area contributed by atoms with Gasteiger partial charge in [0.1, 0.15) is 10.9 Å². The van der Waals surface area contributed by atoms with Gasteiger partial charge < -0.3 is 31.2 Å². The third-order valence-electron chi connectivity index (χ3n) is 5.74. The molecule has 11 heteroatoms. The van der Waals surface area contributed by atoms with Crippen molar-refractivity contribution < 1.29 is 23.9 Å². The quantitative estimate of drug-likeness (QED) is 0.403. The zero-order chi connectivity index (χ0) is 25.5. The number of aromatic nitrogens is 1. The summed E-state index contributed by atoms with van der Waals surface area (Å²) >= 11 is 0.803. The predicted octanol–water partition coefficient (Wildman–Crippen LogP) is 2.92. The molecule has 1 aromatic heterocycles. The number of hydrogen-bond acceptors (Lipinski definition) is 8. The van der Waals surface area contributed by atoms with Crippen LogP contribution in [0.15, 0.2) is 18.2 Å². The Labute approximate surface area is 209 Å². The molecule has 0 bridgehead atoms. The number of carbonyl (C=O) groups excluding carboxylic acids is 3. The molecule has 5 N–H and O–H groups in total. The number of ether oxygens (including phenoxy) is 2. The zero-order valence-corrected chi connectivity index (χ0v) is 21.2. The topological polar surface area (TPSA) is 150 Å². The van der Waals surface area contributed by atoms with Gasteiger partial charge in [0, 0.05) is 13.1 Å². The number of rotatable bonds is 12. The van der Waals surface area contributed by atoms with Crippen molar-refractivity contribution in [1.29, 1.82) is 0 Å². The normalized spacial score (nSPS) is 13.0. The van der Waals surface area contributed by atoms with Crippen LogP contribution in [0, 0.1) is 5.92 Å². The lowest BCUT2D eigenvalue weighted by molar-refractivity contribution is -0.126. The molecule has 10 nitrogen and oxygen atoms in total. The van der Waals surface area contributed by atoms with E-state index in [0.717, 1.165) is 36.4 Å². The summed E-state index contributed by atoms with van der Waals surface area (Å²) in [5.41, 5.74) is 11.9. The number of primary amides is 1. The first-order valence-corrected chi connectivity index (χ1v) is 12.5. The summed E-state index contributed by atoms with van der Waals surface area (Å²) in [6.07, 6.45) is 2.90. The molecule has 3 rings (SSSR count). The van der Waals surface area contributed by atoms with Crippen molar-refractivity contribution in [1.82, 2.24) is 14.6 Å². The first-order chi connectivity index (χ1) is 16.7. The Balaban J connectivity index is 1.95. The molecule has 2 aromatic rings. The molecule has 1 unspecified atom stereocenters. The number of fused-ring (bicyclic) bond motifs is 1. The highest BCUT2D eigenvalue weighted by Crippen LogP contribution is 2.34. The van der Waals surface area contributed by atoms with Crippen LogP contribution >= 0.6 is 11.5 Å². The van der Waals surface area contributed by atoms with Gasteiger partial charge in [0.05, 0.1) is 5.69 Å². The van der Waals surface area contributed by atoms with E-state index < -0.39 is 17.9 Å². The molecule has 1 aromatic carbocycles. The van der Waals surface area contributed by atoms with Gasteiger partial charge in [-0.3, -0.25) is 14.4 Å². The van der Waals surface area contributed by atoms with E-state index >= 15 is 0 Å². The summed E-state index contributed by atoms with van der Waals surface area (Å²) in [5.74, 6) is 0.110. The second-order valence-corrected chi connectivity index (χ2v) is 9.66. The molecular formula is C24H33N5O5S. The summed E-state index contributed by atoms with van der Waals surface area (Å²) in [4.78, 5) is 40.3. The van der Waals surface area contributed by atoms with Gasteiger partial charge in [0.2, 0.25) is 12.7 Å². The van der Waals surface area contributed by atoms with Gasteiger partial charge >= 0.3 is 0 Å². The molecule has 0 saturated heterocycles. The van der Waals surface area contributed by atoms with E-state index in [4.69, 9.17) is 20.9 Å². The van der Waals surface area contributed by atoms with Crippen LogP contribution < -0.4 is 26.3 Å². The van der Waals surface area contributed by atoms with Crippen LogP contribution in [0.1, 0.15) is 72.2 Å². The number of nitrogens with two attached hydrogens (primary N) is 2. The number of amides is 3. The molecule has 0 fully saturated rings. The van der Waals surface area contributed by atoms with Crippen LogP contribution in [0.3, 0.4) is 0 Å². The standard InChI is InChI=1S/C24H33N5O5S/c1-4-5-6-16(23(31)27-10-9-14(2)3)29(12-15-7-8-17-18(11-15)34-13-33-17)24(32)21-19(25)20(22(26)30)28-35-21/h7-8,11,14,16H,4-6,9-10,12-13,25H2,1-3H3,(H2,26,30)(H,27,31). The Morgan fingerprint density at radius 2 is 1.94 bits per heavy atom. The van der Waals surface area contributed by atoms with E-state index in [2.05, 4.69) is 23.5 Å². The molecule has 1 aliphatic heterocycles. The molecular weight excluding hydrogens is 470 g/mol. The number of anilines is 1. The number of nitrogen functional groups attached to an aromatic ring is 1. The van der Waals surface area contributed by atoms with Gasteiger partial charge in [-0.2, -0.15) is 4.37 Å². The van der Waals surface area contributed by atoms with Gasteiger partial charge in [-0.15, -0.1) is 0 Å². The van der Waals surface area contributed by atoms with Crippen LogP contribution in [-0.4, -0.2) is 46.4 Å². The van der Waals surface area contributed by atoms with Gasteiger partial charge in [0.15, 0.2) is 17.2 Å². The second-order valence-electron chi connectivity index (χ2n) is 8.89. The maximum atomic E-state index is 13.8. The predicted molar refractivity (Wildman–Crippen MR) is 133 cm³/mol. The molecule has 3 amide bonds. The van der Waals surface area contributed by atoms with Crippen molar-refractivity contribution in [2.24, 2.45) is 11.7 Å². The summed E-state index contributed by atoms with van der Waals surface area (Å²) in [7, 11) is 0. The number of nitrogens with zero attached hydrogens (tertiary/aromatic N) is 2. The fourth-order valence-corrected chi connectivity index (χ4v) is 4.51. The Kier molecular flexibility index (Phi) is 8.91. The smallest absolute Gasteiger partial charge is 0.270 e. The van der Waals surface area contributed by atoms with E-state index in [1.165, 1.54) is 4.90 Å². The number of nitrogens with one attached hydrogen (secondary N) is 1. The van der Waals surface area contributed by atoms with Crippen molar-refractivity contribution in [3.8, 4) is 11.5 Å². The summed E-state index contributed by atoms with van der Waals surface area (Å²) in [5, 5.41) is 2.98. The first-order valence-electron chi connectivity index (χ1n) is 11.7. The van der Waals surface area contributed by atoms with E-state index in [0.29, 0.717) is 30.4 Å². The molecule has 190 valence electrons. The van der Waals surface area contributed by atoms with E-state index in [-0.39, 0.29) is 35.5 Å². The fourth-order valence-electron chi connectivity index (χ4n) is 3.75. The first kappa shape index (κ1) is 26.3. The van der Waals surface area contributed by atoms with E-state index in [1.807, 2.05) is 13.0 Å². The van der Waals surface area contributed by atoms with Crippen LogP contribution in [-0.2, 0) is 11.3 Å². The third kappa shape index (κ3) is 6.41. The summed E-state index contributed by atoms with van der Waals surface area (Å²) < 4.78 is 14.8. The second kappa shape index (κ2) is 11.9. The Bertz CT molecular complexity index is 1070. The highest BCUT2D eigenvalue weighted by atomic mass is 32.1. The highest BCUT2D eigenvalue weighted by molar-refractivity contribution is 7.09. The lowest BCUT2D eigenvalue weighted by Crippen LogP contribution is -2.49. The summed E-state index contributed by atoms with van der Waals surface area (Å²) in [6.45, 7) is 6.96.